The van der Waals surface area contributed by atoms with Crippen LogP contribution in [0, 0.1) is 0 Å². The predicted molar refractivity (Wildman–Crippen MR) is 78.9 cm³/mol. The molecule has 0 aromatic heterocycles. The van der Waals surface area contributed by atoms with Crippen LogP contribution in [0.4, 0.5) is 22.0 Å². The Morgan fingerprint density at radius 1 is 1.12 bits per heavy atom. The molecule has 0 saturated heterocycles. The number of benzene rings is 1. The van der Waals surface area contributed by atoms with Crippen LogP contribution in [0.5, 0.6) is 0 Å². The van der Waals surface area contributed by atoms with Gasteiger partial charge in [-0.2, -0.15) is 22.0 Å². The van der Waals surface area contributed by atoms with E-state index in [0.717, 1.165) is 25.3 Å². The smallest absolute Gasteiger partial charge is 0.357 e. The molecule has 1 fully saturated rings. The highest BCUT2D eigenvalue weighted by molar-refractivity contribution is 8.00. The van der Waals surface area contributed by atoms with Gasteiger partial charge in [0.05, 0.1) is 6.10 Å². The topological polar surface area (TPSA) is 29.5 Å². The average Bonchev–Trinajstić information content (AvgIpc) is 2.65. The van der Waals surface area contributed by atoms with Crippen LogP contribution >= 0.6 is 11.8 Å². The van der Waals surface area contributed by atoms with E-state index in [9.17, 15) is 27.1 Å². The molecule has 0 bridgehead atoms. The minimum atomic E-state index is -4.64. The van der Waals surface area contributed by atoms with Crippen LogP contribution in [0.1, 0.15) is 43.2 Å². The zero-order valence-corrected chi connectivity index (χ0v) is 13.5. The molecule has 0 aliphatic heterocycles. The van der Waals surface area contributed by atoms with Crippen LogP contribution in [0.2, 0.25) is 0 Å². The molecule has 1 saturated carbocycles. The summed E-state index contributed by atoms with van der Waals surface area (Å²) in [6.07, 6.45) is 2.16. The van der Waals surface area contributed by atoms with Gasteiger partial charge in [-0.25, -0.2) is 0 Å². The molecule has 2 aliphatic rings. The van der Waals surface area contributed by atoms with Gasteiger partial charge in [-0.05, 0) is 36.2 Å². The highest BCUT2D eigenvalue weighted by Gasteiger charge is 2.63. The van der Waals surface area contributed by atoms with E-state index >= 15 is 0 Å². The van der Waals surface area contributed by atoms with Crippen molar-refractivity contribution in [2.45, 2.75) is 66.7 Å². The monoisotopic (exact) mass is 368 g/mol. The van der Waals surface area contributed by atoms with E-state index in [4.69, 9.17) is 4.74 Å². The first-order valence-corrected chi connectivity index (χ1v) is 8.60. The largest absolute Gasteiger partial charge is 0.446 e. The first kappa shape index (κ1) is 17.9. The zero-order valence-electron chi connectivity index (χ0n) is 12.7. The highest BCUT2D eigenvalue weighted by atomic mass is 32.2. The van der Waals surface area contributed by atoms with Gasteiger partial charge in [0, 0.05) is 16.9 Å². The molecule has 0 heterocycles. The van der Waals surface area contributed by atoms with Gasteiger partial charge in [-0.15, -0.1) is 0 Å². The molecule has 8 heteroatoms. The fourth-order valence-electron chi connectivity index (χ4n) is 3.43. The molecule has 0 amide bonds. The van der Waals surface area contributed by atoms with E-state index in [-0.39, 0.29) is 5.56 Å². The molecular formula is C16H17F5O2S. The van der Waals surface area contributed by atoms with Crippen molar-refractivity contribution in [1.29, 1.82) is 0 Å². The third-order valence-corrected chi connectivity index (χ3v) is 5.27. The third kappa shape index (κ3) is 3.28. The molecule has 1 atom stereocenters. The Morgan fingerprint density at radius 3 is 2.42 bits per heavy atom. The summed E-state index contributed by atoms with van der Waals surface area (Å²) in [5, 5.41) is 10.6. The van der Waals surface area contributed by atoms with Crippen molar-refractivity contribution in [1.82, 2.24) is 0 Å². The SMILES string of the molecule is OC1(OC2CCCCC2)c2c(cccc2SC(F)(F)F)CC1(F)F. The molecule has 3 rings (SSSR count). The maximum Gasteiger partial charge on any atom is 0.446 e. The van der Waals surface area contributed by atoms with Gasteiger partial charge in [0.2, 0.25) is 0 Å². The van der Waals surface area contributed by atoms with Gasteiger partial charge in [0.1, 0.15) is 0 Å². The number of thioether (sulfide) groups is 1. The maximum atomic E-state index is 14.5. The molecule has 1 aromatic carbocycles. The number of rotatable bonds is 3. The second-order valence-corrected chi connectivity index (χ2v) is 7.35. The number of fused-ring (bicyclic) bond motifs is 1. The number of halogens is 5. The lowest BCUT2D eigenvalue weighted by molar-refractivity contribution is -0.337. The van der Waals surface area contributed by atoms with Crippen molar-refractivity contribution < 1.29 is 31.8 Å². The second kappa shape index (κ2) is 6.14. The molecular weight excluding hydrogens is 351 g/mol. The number of aliphatic hydroxyl groups is 1. The van der Waals surface area contributed by atoms with Gasteiger partial charge in [-0.3, -0.25) is 0 Å². The molecule has 24 heavy (non-hydrogen) atoms. The predicted octanol–water partition coefficient (Wildman–Crippen LogP) is 4.98. The molecule has 1 N–H and O–H groups in total. The summed E-state index contributed by atoms with van der Waals surface area (Å²) >= 11 is -0.502. The Balaban J connectivity index is 2.00. The maximum absolute atomic E-state index is 14.5. The summed E-state index contributed by atoms with van der Waals surface area (Å²) in [7, 11) is 0. The van der Waals surface area contributed by atoms with E-state index in [1.807, 2.05) is 0 Å². The molecule has 2 nitrogen and oxygen atoms in total. The van der Waals surface area contributed by atoms with Crippen molar-refractivity contribution in [3.05, 3.63) is 29.3 Å². The van der Waals surface area contributed by atoms with Gasteiger partial charge >= 0.3 is 11.4 Å². The van der Waals surface area contributed by atoms with Crippen molar-refractivity contribution in [2.75, 3.05) is 0 Å². The van der Waals surface area contributed by atoms with Crippen LogP contribution in [0.3, 0.4) is 0 Å². The van der Waals surface area contributed by atoms with Crippen molar-refractivity contribution in [3.8, 4) is 0 Å². The van der Waals surface area contributed by atoms with Gasteiger partial charge in [-0.1, -0.05) is 31.4 Å². The van der Waals surface area contributed by atoms with Gasteiger partial charge < -0.3 is 9.84 Å². The third-order valence-electron chi connectivity index (χ3n) is 4.47. The van der Waals surface area contributed by atoms with Crippen LogP contribution in [0.15, 0.2) is 23.1 Å². The van der Waals surface area contributed by atoms with Crippen molar-refractivity contribution in [2.24, 2.45) is 0 Å². The van der Waals surface area contributed by atoms with E-state index in [1.54, 1.807) is 0 Å². The summed E-state index contributed by atoms with van der Waals surface area (Å²) in [5.41, 5.74) is -5.09. The second-order valence-electron chi connectivity index (χ2n) is 6.24. The van der Waals surface area contributed by atoms with E-state index < -0.39 is 52.0 Å². The number of hydrogen-bond donors (Lipinski definition) is 1. The summed E-state index contributed by atoms with van der Waals surface area (Å²) in [6.45, 7) is 0. The van der Waals surface area contributed by atoms with Crippen LogP contribution in [-0.4, -0.2) is 22.6 Å². The minimum absolute atomic E-state index is 0.00689. The molecule has 0 spiro atoms. The molecule has 134 valence electrons. The summed E-state index contributed by atoms with van der Waals surface area (Å²) in [5.74, 6) is -6.69. The molecule has 0 radical (unpaired) electrons. The van der Waals surface area contributed by atoms with Gasteiger partial charge in [0.25, 0.3) is 5.79 Å². The minimum Gasteiger partial charge on any atom is -0.357 e. The zero-order chi connectivity index (χ0) is 17.6. The molecule has 2 aliphatic carbocycles. The van der Waals surface area contributed by atoms with E-state index in [0.29, 0.717) is 12.8 Å². The number of hydrogen-bond acceptors (Lipinski definition) is 3. The first-order chi connectivity index (χ1) is 11.1. The first-order valence-electron chi connectivity index (χ1n) is 7.78. The summed E-state index contributed by atoms with van der Waals surface area (Å²) in [6, 6.07) is 3.69. The van der Waals surface area contributed by atoms with Crippen LogP contribution in [0.25, 0.3) is 0 Å². The van der Waals surface area contributed by atoms with E-state index in [2.05, 4.69) is 0 Å². The number of ether oxygens (including phenoxy) is 1. The summed E-state index contributed by atoms with van der Waals surface area (Å²) < 4.78 is 72.6. The molecule has 1 aromatic rings. The van der Waals surface area contributed by atoms with Crippen LogP contribution < -0.4 is 0 Å². The molecule has 1 unspecified atom stereocenters. The quantitative estimate of drug-likeness (QED) is 0.463. The van der Waals surface area contributed by atoms with E-state index in [1.165, 1.54) is 12.1 Å². The average molecular weight is 368 g/mol. The standard InChI is InChI=1S/C16H17F5O2S/c17-14(18)9-10-5-4-8-12(24-16(19,20)21)13(10)15(14,22)23-11-6-2-1-3-7-11/h4-5,8,11,22H,1-3,6-7,9H2. The fraction of sp³-hybridized carbons (Fsp3) is 0.625. The normalized spacial score (nSPS) is 27.2. The Bertz CT molecular complexity index is 613. The van der Waals surface area contributed by atoms with Gasteiger partial charge in [0.15, 0.2) is 0 Å². The Morgan fingerprint density at radius 2 is 1.79 bits per heavy atom. The lowest BCUT2D eigenvalue weighted by atomic mass is 9.96. The van der Waals surface area contributed by atoms with Crippen molar-refractivity contribution >= 4 is 11.8 Å². The van der Waals surface area contributed by atoms with Crippen LogP contribution in [-0.2, 0) is 16.9 Å². The lowest BCUT2D eigenvalue weighted by Gasteiger charge is -2.36. The lowest BCUT2D eigenvalue weighted by Crippen LogP contribution is -2.47. The Kier molecular flexibility index (Phi) is 4.59. The highest BCUT2D eigenvalue weighted by Crippen LogP contribution is 2.54. The Hall–Kier alpha value is -0.860. The summed E-state index contributed by atoms with van der Waals surface area (Å²) in [4.78, 5) is -0.435. The number of alkyl halides is 5. The fourth-order valence-corrected chi connectivity index (χ4v) is 4.20. The van der Waals surface area contributed by atoms with Crippen molar-refractivity contribution in [3.63, 3.8) is 0 Å². The Labute approximate surface area is 140 Å².